The van der Waals surface area contributed by atoms with E-state index in [1.165, 1.54) is 120 Å². The van der Waals surface area contributed by atoms with Gasteiger partial charge in [0, 0.05) is 22.1 Å². The zero-order valence-corrected chi connectivity index (χ0v) is 36.7. The van der Waals surface area contributed by atoms with Gasteiger partial charge in [0.15, 0.2) is 5.82 Å². The Morgan fingerprint density at radius 1 is 0.303 bits per heavy atom. The summed E-state index contributed by atoms with van der Waals surface area (Å²) >= 11 is 0. The Morgan fingerprint density at radius 2 is 0.818 bits per heavy atom. The zero-order valence-electron chi connectivity index (χ0n) is 36.7. The van der Waals surface area contributed by atoms with Gasteiger partial charge in [-0.3, -0.25) is 0 Å². The second kappa shape index (κ2) is 15.6. The molecule has 312 valence electrons. The fourth-order valence-electron chi connectivity index (χ4n) is 11.7. The molecular weight excluding hydrogens is 797 g/mol. The van der Waals surface area contributed by atoms with E-state index in [0.29, 0.717) is 5.82 Å². The Kier molecular flexibility index (Phi) is 9.13. The molecule has 2 heteroatoms. The Bertz CT molecular complexity index is 3600. The topological polar surface area (TPSA) is 25.8 Å². The van der Waals surface area contributed by atoms with Crippen molar-refractivity contribution in [3.8, 4) is 78.4 Å². The summed E-state index contributed by atoms with van der Waals surface area (Å²) < 4.78 is 0. The highest BCUT2D eigenvalue weighted by Crippen LogP contribution is 2.59. The Morgan fingerprint density at radius 3 is 1.50 bits per heavy atom. The second-order valence-corrected chi connectivity index (χ2v) is 18.3. The van der Waals surface area contributed by atoms with Gasteiger partial charge in [-0.1, -0.05) is 219 Å². The lowest BCUT2D eigenvalue weighted by molar-refractivity contribution is 0.353. The molecule has 0 aliphatic heterocycles. The van der Waals surface area contributed by atoms with Gasteiger partial charge in [0.25, 0.3) is 0 Å². The molecule has 0 unspecified atom stereocenters. The van der Waals surface area contributed by atoms with Crippen molar-refractivity contribution >= 4 is 32.3 Å². The van der Waals surface area contributed by atoms with Crippen LogP contribution in [0.25, 0.3) is 111 Å². The first-order valence-electron chi connectivity index (χ1n) is 23.5. The van der Waals surface area contributed by atoms with Gasteiger partial charge < -0.3 is 0 Å². The third kappa shape index (κ3) is 6.16. The summed E-state index contributed by atoms with van der Waals surface area (Å²) in [7, 11) is 0. The Labute approximate surface area is 385 Å². The first-order chi connectivity index (χ1) is 32.7. The minimum absolute atomic E-state index is 0.0396. The SMILES string of the molecule is c1ccc(-c2ccc(-c3cc(-c4c5ccccc5c(-c5ccccc5-c5cccc6c5-c5cc7ccccc7cc5C65CCCCC5)c5ccccc45)nc(-c4ccccc4)n3)cc2)cc1. The molecule has 1 spiro atoms. The molecule has 1 aromatic heterocycles. The van der Waals surface area contributed by atoms with Crippen LogP contribution in [0.15, 0.2) is 218 Å². The van der Waals surface area contributed by atoms with Gasteiger partial charge in [0.2, 0.25) is 0 Å². The van der Waals surface area contributed by atoms with Crippen LogP contribution in [-0.2, 0) is 5.41 Å². The first-order valence-corrected chi connectivity index (χ1v) is 23.5. The first kappa shape index (κ1) is 38.5. The number of hydrogen-bond donors (Lipinski definition) is 0. The molecule has 13 rings (SSSR count). The van der Waals surface area contributed by atoms with Crippen LogP contribution < -0.4 is 0 Å². The van der Waals surface area contributed by atoms with E-state index in [0.717, 1.165) is 28.1 Å². The van der Waals surface area contributed by atoms with Crippen molar-refractivity contribution in [1.29, 1.82) is 0 Å². The Hall–Kier alpha value is -7.94. The van der Waals surface area contributed by atoms with Crippen LogP contribution in [0.5, 0.6) is 0 Å². The van der Waals surface area contributed by atoms with E-state index in [9.17, 15) is 0 Å². The van der Waals surface area contributed by atoms with Crippen molar-refractivity contribution in [3.05, 3.63) is 230 Å². The third-order valence-corrected chi connectivity index (χ3v) is 14.7. The van der Waals surface area contributed by atoms with Crippen LogP contribution in [0, 0.1) is 0 Å². The molecule has 0 amide bonds. The molecule has 0 radical (unpaired) electrons. The third-order valence-electron chi connectivity index (χ3n) is 14.7. The Balaban J connectivity index is 1.04. The van der Waals surface area contributed by atoms with E-state index in [2.05, 4.69) is 212 Å². The van der Waals surface area contributed by atoms with Crippen molar-refractivity contribution in [3.63, 3.8) is 0 Å². The molecular formula is C64H46N2. The van der Waals surface area contributed by atoms with E-state index in [-0.39, 0.29) is 5.41 Å². The predicted molar refractivity (Wildman–Crippen MR) is 276 cm³/mol. The molecule has 2 aliphatic carbocycles. The summed E-state index contributed by atoms with van der Waals surface area (Å²) in [5, 5.41) is 7.38. The maximum atomic E-state index is 5.44. The minimum Gasteiger partial charge on any atom is -0.228 e. The van der Waals surface area contributed by atoms with Crippen LogP contribution in [0.3, 0.4) is 0 Å². The summed E-state index contributed by atoms with van der Waals surface area (Å²) in [6.07, 6.45) is 6.23. The lowest BCUT2D eigenvalue weighted by Gasteiger charge is -2.36. The fourth-order valence-corrected chi connectivity index (χ4v) is 11.7. The van der Waals surface area contributed by atoms with Crippen molar-refractivity contribution in [2.45, 2.75) is 37.5 Å². The van der Waals surface area contributed by atoms with Crippen molar-refractivity contribution in [2.24, 2.45) is 0 Å². The normalized spacial score (nSPS) is 13.9. The average Bonchev–Trinajstić information content (AvgIpc) is 3.64. The highest BCUT2D eigenvalue weighted by Gasteiger charge is 2.45. The van der Waals surface area contributed by atoms with Crippen molar-refractivity contribution < 1.29 is 0 Å². The molecule has 2 nitrogen and oxygen atoms in total. The number of fused-ring (bicyclic) bond motifs is 8. The summed E-state index contributed by atoms with van der Waals surface area (Å²) in [4.78, 5) is 10.7. The molecule has 2 aliphatic rings. The van der Waals surface area contributed by atoms with Gasteiger partial charge in [0.05, 0.1) is 11.4 Å². The molecule has 1 fully saturated rings. The molecule has 66 heavy (non-hydrogen) atoms. The highest BCUT2D eigenvalue weighted by molar-refractivity contribution is 6.22. The number of nitrogens with zero attached hydrogens (tertiary/aromatic N) is 2. The average molecular weight is 843 g/mol. The van der Waals surface area contributed by atoms with Crippen LogP contribution in [-0.4, -0.2) is 9.97 Å². The molecule has 0 saturated heterocycles. The molecule has 0 bridgehead atoms. The van der Waals surface area contributed by atoms with Gasteiger partial charge in [-0.25, -0.2) is 9.97 Å². The van der Waals surface area contributed by atoms with E-state index < -0.39 is 0 Å². The van der Waals surface area contributed by atoms with Gasteiger partial charge >= 0.3 is 0 Å². The lowest BCUT2D eigenvalue weighted by atomic mass is 9.67. The monoisotopic (exact) mass is 842 g/mol. The minimum atomic E-state index is 0.0396. The summed E-state index contributed by atoms with van der Waals surface area (Å²) in [5.74, 6) is 0.708. The maximum absolute atomic E-state index is 5.44. The van der Waals surface area contributed by atoms with E-state index >= 15 is 0 Å². The number of rotatable bonds is 6. The molecule has 10 aromatic carbocycles. The van der Waals surface area contributed by atoms with Crippen LogP contribution in [0.2, 0.25) is 0 Å². The van der Waals surface area contributed by atoms with Gasteiger partial charge in [-0.15, -0.1) is 0 Å². The summed E-state index contributed by atoms with van der Waals surface area (Å²) in [6.45, 7) is 0. The van der Waals surface area contributed by atoms with Gasteiger partial charge in [-0.05, 0) is 119 Å². The number of benzene rings is 10. The van der Waals surface area contributed by atoms with Gasteiger partial charge in [-0.2, -0.15) is 0 Å². The number of hydrogen-bond acceptors (Lipinski definition) is 2. The maximum Gasteiger partial charge on any atom is 0.160 e. The highest BCUT2D eigenvalue weighted by atomic mass is 14.9. The molecule has 1 heterocycles. The second-order valence-electron chi connectivity index (χ2n) is 18.3. The summed E-state index contributed by atoms with van der Waals surface area (Å²) in [6, 6.07) is 80.1. The zero-order chi connectivity index (χ0) is 43.6. The number of aromatic nitrogens is 2. The molecule has 0 atom stereocenters. The van der Waals surface area contributed by atoms with Crippen LogP contribution in [0.4, 0.5) is 0 Å². The molecule has 1 saturated carbocycles. The van der Waals surface area contributed by atoms with Gasteiger partial charge in [0.1, 0.15) is 0 Å². The fraction of sp³-hybridized carbons (Fsp3) is 0.0938. The smallest absolute Gasteiger partial charge is 0.160 e. The standard InChI is InChI=1S/C64H46N2/c1-4-19-42(20-5-1)43-33-35-44(36-34-43)58-41-59(66-63(65-58)45-21-6-2-7-22-45)62-53-29-14-12-27-51(53)60(52-28-13-15-30-54(52)62)49-26-11-10-25-48(49)50-31-18-32-56-61(50)55-39-46-23-8-9-24-47(46)40-57(55)64(56)37-16-3-17-38-64/h1-2,4-15,18-36,39-41H,3,16-17,37-38H2. The van der Waals surface area contributed by atoms with Crippen molar-refractivity contribution in [2.75, 3.05) is 0 Å². The van der Waals surface area contributed by atoms with E-state index in [1.807, 2.05) is 6.07 Å². The molecule has 11 aromatic rings. The lowest BCUT2D eigenvalue weighted by Crippen LogP contribution is -2.28. The van der Waals surface area contributed by atoms with E-state index in [1.54, 1.807) is 0 Å². The van der Waals surface area contributed by atoms with Crippen molar-refractivity contribution in [1.82, 2.24) is 9.97 Å². The predicted octanol–water partition coefficient (Wildman–Crippen LogP) is 17.2. The summed E-state index contributed by atoms with van der Waals surface area (Å²) in [5.41, 5.74) is 18.3. The van der Waals surface area contributed by atoms with E-state index in [4.69, 9.17) is 9.97 Å². The van der Waals surface area contributed by atoms with Crippen LogP contribution in [0.1, 0.15) is 43.2 Å². The largest absolute Gasteiger partial charge is 0.228 e. The molecule has 0 N–H and O–H groups in total. The van der Waals surface area contributed by atoms with Crippen LogP contribution >= 0.6 is 0 Å². The quantitative estimate of drug-likeness (QED) is 0.156.